The van der Waals surface area contributed by atoms with Gasteiger partial charge in [-0.15, -0.1) is 0 Å². The molecule has 5 heteroatoms. The van der Waals surface area contributed by atoms with Gasteiger partial charge in [-0.05, 0) is 66.0 Å². The Balaban J connectivity index is 1.25. The van der Waals surface area contributed by atoms with Crippen molar-refractivity contribution in [3.63, 3.8) is 0 Å². The highest BCUT2D eigenvalue weighted by molar-refractivity contribution is 5.67. The summed E-state index contributed by atoms with van der Waals surface area (Å²) in [5.74, 6) is -1.82. The number of rotatable bonds is 7. The summed E-state index contributed by atoms with van der Waals surface area (Å²) in [6.45, 7) is 0.646. The van der Waals surface area contributed by atoms with Crippen LogP contribution in [0.4, 0.5) is 13.2 Å². The van der Waals surface area contributed by atoms with Gasteiger partial charge in [-0.3, -0.25) is 0 Å². The van der Waals surface area contributed by atoms with E-state index in [-0.39, 0.29) is 18.0 Å². The molecule has 1 aliphatic heterocycles. The largest absolute Gasteiger partial charge is 0.381 e. The molecule has 0 radical (unpaired) electrons. The van der Waals surface area contributed by atoms with Crippen molar-refractivity contribution < 1.29 is 22.6 Å². The van der Waals surface area contributed by atoms with Gasteiger partial charge >= 0.3 is 0 Å². The lowest BCUT2D eigenvalue weighted by Crippen LogP contribution is -2.14. The molecule has 1 saturated heterocycles. The summed E-state index contributed by atoms with van der Waals surface area (Å²) < 4.78 is 54.7. The van der Waals surface area contributed by atoms with E-state index in [0.29, 0.717) is 49.0 Å². The number of hydrogen-bond donors (Lipinski definition) is 0. The van der Waals surface area contributed by atoms with E-state index in [1.807, 2.05) is 36.4 Å². The highest BCUT2D eigenvalue weighted by atomic mass is 19.2. The summed E-state index contributed by atoms with van der Waals surface area (Å²) >= 11 is 0. The topological polar surface area (TPSA) is 21.8 Å². The maximum atomic E-state index is 14.8. The van der Waals surface area contributed by atoms with Crippen LogP contribution in [0.1, 0.15) is 47.6 Å². The van der Waals surface area contributed by atoms with E-state index in [1.54, 1.807) is 25.3 Å². The maximum Gasteiger partial charge on any atom is 0.166 e. The number of hydrogen-bond acceptors (Lipinski definition) is 2. The Morgan fingerprint density at radius 1 is 0.912 bits per heavy atom. The second-order valence-corrected chi connectivity index (χ2v) is 9.02. The Labute approximate surface area is 198 Å². The number of halogens is 3. The molecule has 0 saturated carbocycles. The molecule has 5 rings (SSSR count). The zero-order chi connectivity index (χ0) is 23.7. The van der Waals surface area contributed by atoms with Gasteiger partial charge in [0, 0.05) is 18.2 Å². The molecule has 2 nitrogen and oxygen atoms in total. The van der Waals surface area contributed by atoms with Gasteiger partial charge in [0.25, 0.3) is 0 Å². The standard InChI is InChI=1S/C29H27F3O2/c1-33-23-12-8-20(9-13-23)25-15-10-21(28(31)29(25)32)7-4-18-2-5-19(6-3-18)24-14-11-22(16-26(24)30)27-17-34-27/h2-3,5-6,8,10-11,14-16,23,27H,4,7,9,12-13,17H2,1H3. The van der Waals surface area contributed by atoms with Crippen LogP contribution in [0.2, 0.25) is 0 Å². The first kappa shape index (κ1) is 22.9. The number of aryl methyl sites for hydroxylation is 2. The molecule has 1 aliphatic carbocycles. The number of methoxy groups -OCH3 is 1. The SMILES string of the molecule is COC1CC=C(c2ccc(CCc3ccc(-c4ccc(C5CO5)cc4F)cc3)c(F)c2F)CC1. The number of epoxide rings is 1. The first-order valence-corrected chi connectivity index (χ1v) is 11.7. The van der Waals surface area contributed by atoms with Crippen molar-refractivity contribution in [1.29, 1.82) is 0 Å². The van der Waals surface area contributed by atoms with Crippen LogP contribution in [-0.2, 0) is 22.3 Å². The van der Waals surface area contributed by atoms with Crippen molar-refractivity contribution in [2.75, 3.05) is 13.7 Å². The fourth-order valence-corrected chi connectivity index (χ4v) is 4.64. The van der Waals surface area contributed by atoms with E-state index in [1.165, 1.54) is 6.07 Å². The van der Waals surface area contributed by atoms with Crippen LogP contribution in [0.5, 0.6) is 0 Å². The predicted octanol–water partition coefficient (Wildman–Crippen LogP) is 7.21. The van der Waals surface area contributed by atoms with E-state index in [0.717, 1.165) is 28.7 Å². The minimum atomic E-state index is -0.773. The minimum absolute atomic E-state index is 0.0210. The second kappa shape index (κ2) is 9.77. The van der Waals surface area contributed by atoms with Crippen LogP contribution in [0.15, 0.2) is 60.7 Å². The summed E-state index contributed by atoms with van der Waals surface area (Å²) in [5, 5.41) is 0. The third kappa shape index (κ3) is 4.82. The van der Waals surface area contributed by atoms with Crippen molar-refractivity contribution in [2.45, 2.75) is 44.3 Å². The molecular weight excluding hydrogens is 437 g/mol. The van der Waals surface area contributed by atoms with E-state index in [4.69, 9.17) is 9.47 Å². The van der Waals surface area contributed by atoms with Gasteiger partial charge in [0.1, 0.15) is 11.9 Å². The molecule has 2 aliphatic rings. The Morgan fingerprint density at radius 3 is 2.32 bits per heavy atom. The van der Waals surface area contributed by atoms with Crippen LogP contribution in [0.25, 0.3) is 16.7 Å². The summed E-state index contributed by atoms with van der Waals surface area (Å²) in [5.41, 5.74) is 4.71. The van der Waals surface area contributed by atoms with Crippen molar-refractivity contribution in [3.05, 3.63) is 100 Å². The van der Waals surface area contributed by atoms with Crippen molar-refractivity contribution in [1.82, 2.24) is 0 Å². The number of benzene rings is 3. The zero-order valence-corrected chi connectivity index (χ0v) is 19.1. The summed E-state index contributed by atoms with van der Waals surface area (Å²) in [6.07, 6.45) is 5.28. The number of allylic oxidation sites excluding steroid dienone is 1. The van der Waals surface area contributed by atoms with Crippen molar-refractivity contribution in [3.8, 4) is 11.1 Å². The highest BCUT2D eigenvalue weighted by Crippen LogP contribution is 2.34. The highest BCUT2D eigenvalue weighted by Gasteiger charge is 2.25. The van der Waals surface area contributed by atoms with E-state index < -0.39 is 11.6 Å². The smallest absolute Gasteiger partial charge is 0.166 e. The first-order chi connectivity index (χ1) is 16.5. The lowest BCUT2D eigenvalue weighted by Gasteiger charge is -2.21. The van der Waals surface area contributed by atoms with Gasteiger partial charge in [-0.1, -0.05) is 54.6 Å². The Bertz CT molecular complexity index is 1210. The van der Waals surface area contributed by atoms with Crippen LogP contribution in [-0.4, -0.2) is 19.8 Å². The van der Waals surface area contributed by atoms with Crippen molar-refractivity contribution in [2.24, 2.45) is 0 Å². The molecule has 2 atom stereocenters. The van der Waals surface area contributed by atoms with Crippen LogP contribution in [0.3, 0.4) is 0 Å². The Kier molecular flexibility index (Phi) is 6.57. The van der Waals surface area contributed by atoms with E-state index >= 15 is 0 Å². The number of ether oxygens (including phenoxy) is 2. The molecule has 34 heavy (non-hydrogen) atoms. The second-order valence-electron chi connectivity index (χ2n) is 9.02. The summed E-state index contributed by atoms with van der Waals surface area (Å²) in [6, 6.07) is 16.1. The molecule has 3 aromatic carbocycles. The van der Waals surface area contributed by atoms with Gasteiger partial charge in [0.15, 0.2) is 11.6 Å². The molecule has 176 valence electrons. The molecular formula is C29H27F3O2. The molecule has 0 amide bonds. The average molecular weight is 465 g/mol. The Morgan fingerprint density at radius 2 is 1.68 bits per heavy atom. The zero-order valence-electron chi connectivity index (χ0n) is 19.1. The van der Waals surface area contributed by atoms with Crippen LogP contribution < -0.4 is 0 Å². The van der Waals surface area contributed by atoms with E-state index in [2.05, 4.69) is 0 Å². The van der Waals surface area contributed by atoms with Gasteiger partial charge in [-0.2, -0.15) is 0 Å². The van der Waals surface area contributed by atoms with Crippen molar-refractivity contribution >= 4 is 5.57 Å². The van der Waals surface area contributed by atoms with Gasteiger partial charge in [0.2, 0.25) is 0 Å². The van der Waals surface area contributed by atoms with Crippen LogP contribution >= 0.6 is 0 Å². The van der Waals surface area contributed by atoms with Gasteiger partial charge < -0.3 is 9.47 Å². The third-order valence-electron chi connectivity index (χ3n) is 6.85. The molecule has 0 spiro atoms. The molecule has 0 N–H and O–H groups in total. The molecule has 1 heterocycles. The van der Waals surface area contributed by atoms with Gasteiger partial charge in [0.05, 0.1) is 12.7 Å². The quantitative estimate of drug-likeness (QED) is 0.345. The monoisotopic (exact) mass is 464 g/mol. The lowest BCUT2D eigenvalue weighted by molar-refractivity contribution is 0.0964. The summed E-state index contributed by atoms with van der Waals surface area (Å²) in [7, 11) is 1.67. The average Bonchev–Trinajstić information content (AvgIpc) is 3.71. The maximum absolute atomic E-state index is 14.8. The molecule has 0 aromatic heterocycles. The fraction of sp³-hybridized carbons (Fsp3) is 0.310. The minimum Gasteiger partial charge on any atom is -0.381 e. The molecule has 3 aromatic rings. The molecule has 0 bridgehead atoms. The molecule has 2 unspecified atom stereocenters. The Hall–Kier alpha value is -2.89. The summed E-state index contributed by atoms with van der Waals surface area (Å²) in [4.78, 5) is 0. The normalized spacial score (nSPS) is 19.7. The predicted molar refractivity (Wildman–Crippen MR) is 127 cm³/mol. The van der Waals surface area contributed by atoms with Crippen LogP contribution in [0, 0.1) is 17.5 Å². The lowest BCUT2D eigenvalue weighted by atomic mass is 9.90. The molecule has 1 fully saturated rings. The van der Waals surface area contributed by atoms with E-state index in [9.17, 15) is 13.2 Å². The fourth-order valence-electron chi connectivity index (χ4n) is 4.64. The van der Waals surface area contributed by atoms with Gasteiger partial charge in [-0.25, -0.2) is 13.2 Å². The first-order valence-electron chi connectivity index (χ1n) is 11.7. The third-order valence-corrected chi connectivity index (χ3v) is 6.85.